The lowest BCUT2D eigenvalue weighted by Crippen LogP contribution is -2.47. The summed E-state index contributed by atoms with van der Waals surface area (Å²) in [7, 11) is 0. The number of piperazine rings is 1. The Morgan fingerprint density at radius 3 is 2.42 bits per heavy atom. The number of rotatable bonds is 4. The Kier molecular flexibility index (Phi) is 9.06. The Labute approximate surface area is 160 Å². The monoisotopic (exact) mass is 388 g/mol. The first-order valence-corrected chi connectivity index (χ1v) is 8.05. The van der Waals surface area contributed by atoms with Crippen molar-refractivity contribution in [1.82, 2.24) is 10.2 Å². The van der Waals surface area contributed by atoms with Crippen LogP contribution in [0.4, 0.5) is 0 Å². The molecule has 132 valence electrons. The van der Waals surface area contributed by atoms with Crippen molar-refractivity contribution in [1.29, 1.82) is 0 Å². The summed E-state index contributed by atoms with van der Waals surface area (Å²) < 4.78 is 0. The molecule has 0 bridgehead atoms. The van der Waals surface area contributed by atoms with Crippen LogP contribution in [0.1, 0.15) is 23.3 Å². The highest BCUT2D eigenvalue weighted by Gasteiger charge is 2.25. The first kappa shape index (κ1) is 21.2. The maximum atomic E-state index is 10.5. The van der Waals surface area contributed by atoms with Gasteiger partial charge in [0.25, 0.3) is 0 Å². The van der Waals surface area contributed by atoms with E-state index in [1.165, 1.54) is 5.56 Å². The molecule has 1 fully saturated rings. The summed E-state index contributed by atoms with van der Waals surface area (Å²) in [4.78, 5) is 2.35. The molecule has 6 heteroatoms. The quantitative estimate of drug-likeness (QED) is 0.833. The number of hydrogen-bond donors (Lipinski definition) is 2. The number of β-amino-alcohol motifs (C(OH)–C–C–N with tert-alkyl or cyclic N) is 1. The molecule has 0 radical (unpaired) electrons. The summed E-state index contributed by atoms with van der Waals surface area (Å²) in [6.45, 7) is 3.43. The number of nitrogens with zero attached hydrogens (tertiary/aromatic N) is 1. The lowest BCUT2D eigenvalue weighted by molar-refractivity contribution is 0.0733. The lowest BCUT2D eigenvalue weighted by Gasteiger charge is -2.37. The van der Waals surface area contributed by atoms with Gasteiger partial charge in [0.15, 0.2) is 0 Å². The van der Waals surface area contributed by atoms with Crippen molar-refractivity contribution in [3.05, 3.63) is 70.7 Å². The fourth-order valence-electron chi connectivity index (χ4n) is 2.98. The first-order valence-electron chi connectivity index (χ1n) is 7.67. The zero-order chi connectivity index (χ0) is 15.4. The number of halogens is 3. The zero-order valence-corrected chi connectivity index (χ0v) is 15.7. The Balaban J connectivity index is 0.00000144. The molecule has 0 aromatic heterocycles. The molecule has 0 amide bonds. The summed E-state index contributed by atoms with van der Waals surface area (Å²) in [5.41, 5.74) is 2.20. The van der Waals surface area contributed by atoms with E-state index in [0.717, 1.165) is 25.2 Å². The minimum Gasteiger partial charge on any atom is -0.387 e. The van der Waals surface area contributed by atoms with Gasteiger partial charge in [-0.3, -0.25) is 4.90 Å². The maximum Gasteiger partial charge on any atom is 0.0917 e. The number of nitrogens with one attached hydrogen (secondary N) is 1. The van der Waals surface area contributed by atoms with Crippen LogP contribution in [-0.2, 0) is 0 Å². The van der Waals surface area contributed by atoms with Gasteiger partial charge in [0, 0.05) is 37.2 Å². The number of hydrogen-bond acceptors (Lipinski definition) is 3. The van der Waals surface area contributed by atoms with E-state index in [4.69, 9.17) is 11.6 Å². The summed E-state index contributed by atoms with van der Waals surface area (Å²) in [6.07, 6.45) is -0.499. The second-order valence-corrected chi connectivity index (χ2v) is 6.13. The Hall–Kier alpha value is -0.810. The molecule has 2 atom stereocenters. The molecule has 24 heavy (non-hydrogen) atoms. The third-order valence-electron chi connectivity index (χ3n) is 4.20. The van der Waals surface area contributed by atoms with E-state index in [-0.39, 0.29) is 24.8 Å². The molecule has 1 aliphatic rings. The smallest absolute Gasteiger partial charge is 0.0917 e. The van der Waals surface area contributed by atoms with Crippen molar-refractivity contribution >= 4 is 36.4 Å². The van der Waals surface area contributed by atoms with Crippen molar-refractivity contribution in [2.75, 3.05) is 26.2 Å². The minimum atomic E-state index is -0.499. The summed E-state index contributed by atoms with van der Waals surface area (Å²) in [5.74, 6) is 0. The zero-order valence-electron chi connectivity index (χ0n) is 13.3. The summed E-state index contributed by atoms with van der Waals surface area (Å²) in [6, 6.07) is 18.2. The molecular weight excluding hydrogens is 367 g/mol. The van der Waals surface area contributed by atoms with Gasteiger partial charge in [-0.1, -0.05) is 54.1 Å². The van der Waals surface area contributed by atoms with Crippen LogP contribution in [0, 0.1) is 0 Å². The Bertz CT molecular complexity index is 595. The van der Waals surface area contributed by atoms with E-state index >= 15 is 0 Å². The lowest BCUT2D eigenvalue weighted by atomic mass is 10.0. The van der Waals surface area contributed by atoms with Crippen molar-refractivity contribution in [3.63, 3.8) is 0 Å². The first-order chi connectivity index (χ1) is 10.7. The number of aliphatic hydroxyl groups is 1. The minimum absolute atomic E-state index is 0. The van der Waals surface area contributed by atoms with Crippen LogP contribution in [0.15, 0.2) is 54.6 Å². The second kappa shape index (κ2) is 10.2. The third-order valence-corrected chi connectivity index (χ3v) is 4.45. The maximum absolute atomic E-state index is 10.5. The van der Waals surface area contributed by atoms with E-state index in [2.05, 4.69) is 34.5 Å². The number of aliphatic hydroxyl groups excluding tert-OH is 1. The van der Waals surface area contributed by atoms with Crippen molar-refractivity contribution in [3.8, 4) is 0 Å². The standard InChI is InChI=1S/C18H21ClN2O.2ClH/c19-16-8-6-15(7-9-16)18(22)13-21-11-10-20-12-17(21)14-4-2-1-3-5-14;;/h1-9,17-18,20,22H,10-13H2;2*1H. The molecule has 2 aromatic carbocycles. The molecule has 3 rings (SSSR count). The molecule has 1 heterocycles. The molecular formula is C18H23Cl3N2O. The number of benzene rings is 2. The highest BCUT2D eigenvalue weighted by molar-refractivity contribution is 6.30. The molecule has 3 nitrogen and oxygen atoms in total. The van der Waals surface area contributed by atoms with Crippen LogP contribution in [0.2, 0.25) is 5.02 Å². The van der Waals surface area contributed by atoms with E-state index in [1.807, 2.05) is 30.3 Å². The van der Waals surface area contributed by atoms with Gasteiger partial charge in [-0.05, 0) is 23.3 Å². The van der Waals surface area contributed by atoms with Gasteiger partial charge in [-0.15, -0.1) is 24.8 Å². The normalized spacial score (nSPS) is 19.0. The van der Waals surface area contributed by atoms with Crippen molar-refractivity contribution in [2.24, 2.45) is 0 Å². The van der Waals surface area contributed by atoms with E-state index < -0.39 is 6.10 Å². The van der Waals surface area contributed by atoms with Gasteiger partial charge >= 0.3 is 0 Å². The van der Waals surface area contributed by atoms with E-state index in [9.17, 15) is 5.11 Å². The molecule has 1 saturated heterocycles. The van der Waals surface area contributed by atoms with Crippen LogP contribution >= 0.6 is 36.4 Å². The molecule has 2 unspecified atom stereocenters. The van der Waals surface area contributed by atoms with Gasteiger partial charge in [0.05, 0.1) is 6.10 Å². The molecule has 2 N–H and O–H groups in total. The highest BCUT2D eigenvalue weighted by atomic mass is 35.5. The predicted octanol–water partition coefficient (Wildman–Crippen LogP) is 3.86. The third kappa shape index (κ3) is 5.35. The SMILES string of the molecule is Cl.Cl.OC(CN1CCNCC1c1ccccc1)c1ccc(Cl)cc1. The fourth-order valence-corrected chi connectivity index (χ4v) is 3.11. The average molecular weight is 390 g/mol. The van der Waals surface area contributed by atoms with Gasteiger partial charge in [-0.2, -0.15) is 0 Å². The molecule has 0 saturated carbocycles. The second-order valence-electron chi connectivity index (χ2n) is 5.69. The highest BCUT2D eigenvalue weighted by Crippen LogP contribution is 2.25. The molecule has 0 aliphatic carbocycles. The van der Waals surface area contributed by atoms with Crippen LogP contribution in [0.25, 0.3) is 0 Å². The van der Waals surface area contributed by atoms with Gasteiger partial charge in [0.1, 0.15) is 0 Å². The van der Waals surface area contributed by atoms with Crippen LogP contribution in [0.5, 0.6) is 0 Å². The van der Waals surface area contributed by atoms with Gasteiger partial charge in [-0.25, -0.2) is 0 Å². The largest absolute Gasteiger partial charge is 0.387 e. The van der Waals surface area contributed by atoms with Gasteiger partial charge in [0.2, 0.25) is 0 Å². The Morgan fingerprint density at radius 2 is 1.75 bits per heavy atom. The fraction of sp³-hybridized carbons (Fsp3) is 0.333. The van der Waals surface area contributed by atoms with Crippen LogP contribution < -0.4 is 5.32 Å². The van der Waals surface area contributed by atoms with Crippen LogP contribution in [0.3, 0.4) is 0 Å². The average Bonchev–Trinajstić information content (AvgIpc) is 2.57. The van der Waals surface area contributed by atoms with E-state index in [1.54, 1.807) is 0 Å². The Morgan fingerprint density at radius 1 is 1.08 bits per heavy atom. The van der Waals surface area contributed by atoms with Gasteiger partial charge < -0.3 is 10.4 Å². The predicted molar refractivity (Wildman–Crippen MR) is 105 cm³/mol. The van der Waals surface area contributed by atoms with Crippen molar-refractivity contribution in [2.45, 2.75) is 12.1 Å². The molecule has 0 spiro atoms. The summed E-state index contributed by atoms with van der Waals surface area (Å²) >= 11 is 5.91. The van der Waals surface area contributed by atoms with E-state index in [0.29, 0.717) is 17.6 Å². The molecule has 2 aromatic rings. The molecule has 1 aliphatic heterocycles. The topological polar surface area (TPSA) is 35.5 Å². The van der Waals surface area contributed by atoms with Crippen LogP contribution in [-0.4, -0.2) is 36.2 Å². The summed E-state index contributed by atoms with van der Waals surface area (Å²) in [5, 5.41) is 14.7. The van der Waals surface area contributed by atoms with Crippen molar-refractivity contribution < 1.29 is 5.11 Å².